The van der Waals surface area contributed by atoms with Gasteiger partial charge in [0, 0.05) is 13.1 Å². The Labute approximate surface area is 264 Å². The van der Waals surface area contributed by atoms with Gasteiger partial charge in [-0.15, -0.1) is 0 Å². The molecule has 0 spiro atoms. The van der Waals surface area contributed by atoms with Crippen LogP contribution < -0.4 is 4.74 Å². The molecule has 0 radical (unpaired) electrons. The fourth-order valence-corrected chi connectivity index (χ4v) is 4.98. The fraction of sp³-hybridized carbons (Fsp3) is 0.429. The van der Waals surface area contributed by atoms with Crippen LogP contribution in [-0.2, 0) is 29.2 Å². The number of fused-ring (bicyclic) bond motifs is 2. The van der Waals surface area contributed by atoms with Gasteiger partial charge in [-0.2, -0.15) is 0 Å². The van der Waals surface area contributed by atoms with Crippen LogP contribution in [0.15, 0.2) is 66.7 Å². The monoisotopic (exact) mass is 620 g/mol. The van der Waals surface area contributed by atoms with Gasteiger partial charge in [0.1, 0.15) is 29.3 Å². The first-order valence-electron chi connectivity index (χ1n) is 15.0. The fourth-order valence-electron chi connectivity index (χ4n) is 4.98. The zero-order chi connectivity index (χ0) is 32.9. The third-order valence-corrected chi connectivity index (χ3v) is 7.03. The number of hydrogen-bond acceptors (Lipinski definition) is 8. The van der Waals surface area contributed by atoms with Gasteiger partial charge < -0.3 is 39.3 Å². The Bertz CT molecular complexity index is 1480. The van der Waals surface area contributed by atoms with Crippen LogP contribution in [0.25, 0.3) is 0 Å². The second kappa shape index (κ2) is 13.8. The summed E-state index contributed by atoms with van der Waals surface area (Å²) in [5, 5.41) is 29.9. The summed E-state index contributed by atoms with van der Waals surface area (Å²) in [7, 11) is 0. The molecule has 0 aliphatic carbocycles. The van der Waals surface area contributed by atoms with Crippen LogP contribution in [0.1, 0.15) is 81.6 Å². The smallest absolute Gasteiger partial charge is 0.410 e. The quantitative estimate of drug-likeness (QED) is 0.315. The van der Waals surface area contributed by atoms with Crippen molar-refractivity contribution in [3.63, 3.8) is 0 Å². The Hall–Kier alpha value is -4.28. The van der Waals surface area contributed by atoms with Crippen molar-refractivity contribution in [3.05, 3.63) is 94.5 Å². The third-order valence-electron chi connectivity index (χ3n) is 7.03. The number of amides is 2. The Morgan fingerprint density at radius 3 is 1.73 bits per heavy atom. The molecule has 0 bridgehead atoms. The second-order valence-corrected chi connectivity index (χ2v) is 13.3. The first-order valence-corrected chi connectivity index (χ1v) is 15.0. The summed E-state index contributed by atoms with van der Waals surface area (Å²) in [5.41, 5.74) is 3.16. The molecular weight excluding hydrogens is 576 g/mol. The van der Waals surface area contributed by atoms with E-state index in [0.29, 0.717) is 31.0 Å². The molecule has 3 aromatic carbocycles. The summed E-state index contributed by atoms with van der Waals surface area (Å²) < 4.78 is 16.5. The van der Waals surface area contributed by atoms with Gasteiger partial charge in [-0.05, 0) is 93.6 Å². The SMILES string of the molecule is CC(C)(C)OC(=O)N1Cc2ccc(O)cc2C(O)C1.CC(C)(C)OC(=O)N1Cc2ccc(OCc3ccccc3)cc2C(O)C1. The van der Waals surface area contributed by atoms with Crippen LogP contribution in [-0.4, -0.2) is 61.6 Å². The maximum Gasteiger partial charge on any atom is 0.410 e. The topological polar surface area (TPSA) is 129 Å². The zero-order valence-corrected chi connectivity index (χ0v) is 26.8. The minimum absolute atomic E-state index is 0.114. The number of β-amino-alcohol motifs (C(OH)–C–C–N with tert-alkyl or cyclic N) is 2. The average Bonchev–Trinajstić information content (AvgIpc) is 2.95. The van der Waals surface area contributed by atoms with Crippen molar-refractivity contribution in [3.8, 4) is 11.5 Å². The normalized spacial score (nSPS) is 17.7. The minimum atomic E-state index is -0.802. The van der Waals surface area contributed by atoms with Gasteiger partial charge in [-0.3, -0.25) is 0 Å². The highest BCUT2D eigenvalue weighted by atomic mass is 16.6. The highest BCUT2D eigenvalue weighted by Gasteiger charge is 2.31. The molecule has 0 saturated carbocycles. The van der Waals surface area contributed by atoms with Crippen molar-refractivity contribution < 1.29 is 39.1 Å². The lowest BCUT2D eigenvalue weighted by atomic mass is 9.97. The maximum atomic E-state index is 12.3. The van der Waals surface area contributed by atoms with Gasteiger partial charge in [-0.1, -0.05) is 42.5 Å². The van der Waals surface area contributed by atoms with Gasteiger partial charge >= 0.3 is 12.2 Å². The Kier molecular flexibility index (Phi) is 10.3. The van der Waals surface area contributed by atoms with Crippen molar-refractivity contribution in [2.75, 3.05) is 13.1 Å². The highest BCUT2D eigenvalue weighted by Crippen LogP contribution is 2.32. The van der Waals surface area contributed by atoms with Crippen LogP contribution in [0, 0.1) is 0 Å². The van der Waals surface area contributed by atoms with E-state index in [0.717, 1.165) is 22.3 Å². The Balaban J connectivity index is 0.000000215. The van der Waals surface area contributed by atoms with E-state index in [1.54, 1.807) is 32.9 Å². The zero-order valence-electron chi connectivity index (χ0n) is 26.8. The Morgan fingerprint density at radius 2 is 1.22 bits per heavy atom. The summed E-state index contributed by atoms with van der Waals surface area (Å²) in [6.45, 7) is 12.5. The second-order valence-electron chi connectivity index (χ2n) is 13.3. The number of aromatic hydroxyl groups is 1. The minimum Gasteiger partial charge on any atom is -0.508 e. The van der Waals surface area contributed by atoms with E-state index in [2.05, 4.69) is 0 Å². The van der Waals surface area contributed by atoms with E-state index in [1.807, 2.05) is 69.3 Å². The lowest BCUT2D eigenvalue weighted by Crippen LogP contribution is -2.41. The number of ether oxygens (including phenoxy) is 3. The van der Waals surface area contributed by atoms with E-state index in [1.165, 1.54) is 15.9 Å². The molecule has 10 heteroatoms. The van der Waals surface area contributed by atoms with E-state index in [9.17, 15) is 24.9 Å². The number of hydrogen-bond donors (Lipinski definition) is 3. The highest BCUT2D eigenvalue weighted by molar-refractivity contribution is 5.69. The number of phenolic OH excluding ortho intramolecular Hbond substituents is 1. The van der Waals surface area contributed by atoms with Gasteiger partial charge in [-0.25, -0.2) is 9.59 Å². The molecule has 3 N–H and O–H groups in total. The number of nitrogens with zero attached hydrogens (tertiary/aromatic N) is 2. The van der Waals surface area contributed by atoms with Crippen LogP contribution in [0.2, 0.25) is 0 Å². The number of benzene rings is 3. The molecule has 2 aliphatic rings. The summed E-state index contributed by atoms with van der Waals surface area (Å²) in [6, 6.07) is 20.3. The van der Waals surface area contributed by atoms with E-state index in [4.69, 9.17) is 14.2 Å². The number of aliphatic hydroxyl groups excluding tert-OH is 2. The molecule has 2 heterocycles. The first-order chi connectivity index (χ1) is 21.1. The predicted molar refractivity (Wildman–Crippen MR) is 169 cm³/mol. The van der Waals surface area contributed by atoms with Crippen molar-refractivity contribution in [1.29, 1.82) is 0 Å². The number of carbonyl (C=O) groups is 2. The third kappa shape index (κ3) is 9.60. The number of carbonyl (C=O) groups excluding carboxylic acids is 2. The molecule has 3 aromatic rings. The van der Waals surface area contributed by atoms with Gasteiger partial charge in [0.05, 0.1) is 25.3 Å². The van der Waals surface area contributed by atoms with Crippen LogP contribution in [0.3, 0.4) is 0 Å². The van der Waals surface area contributed by atoms with Crippen LogP contribution in [0.4, 0.5) is 9.59 Å². The summed E-state index contributed by atoms with van der Waals surface area (Å²) in [4.78, 5) is 27.2. The lowest BCUT2D eigenvalue weighted by Gasteiger charge is -2.33. The molecule has 0 saturated heterocycles. The lowest BCUT2D eigenvalue weighted by molar-refractivity contribution is 0.00767. The maximum absolute atomic E-state index is 12.3. The van der Waals surface area contributed by atoms with Crippen molar-refractivity contribution in [2.45, 2.75) is 84.6 Å². The number of phenols is 1. The average molecular weight is 621 g/mol. The van der Waals surface area contributed by atoms with Crippen molar-refractivity contribution >= 4 is 12.2 Å². The predicted octanol–water partition coefficient (Wildman–Crippen LogP) is 6.23. The molecule has 5 rings (SSSR count). The van der Waals surface area contributed by atoms with Gasteiger partial charge in [0.25, 0.3) is 0 Å². The molecule has 0 aromatic heterocycles. The summed E-state index contributed by atoms with van der Waals surface area (Å²) >= 11 is 0. The summed E-state index contributed by atoms with van der Waals surface area (Å²) in [6.07, 6.45) is -2.41. The molecule has 45 heavy (non-hydrogen) atoms. The molecule has 2 amide bonds. The molecule has 10 nitrogen and oxygen atoms in total. The van der Waals surface area contributed by atoms with Gasteiger partial charge in [0.2, 0.25) is 0 Å². The standard InChI is InChI=1S/C21H25NO4.C14H19NO4/c1-21(2,3)26-20(24)22-12-16-9-10-17(11-18(16)19(23)13-22)25-14-15-7-5-4-6-8-15;1-14(2,3)19-13(18)15-7-9-4-5-10(16)6-11(9)12(17)8-15/h4-11,19,23H,12-14H2,1-3H3;4-6,12,16-17H,7-8H2,1-3H3. The molecule has 0 fully saturated rings. The molecule has 2 aliphatic heterocycles. The number of rotatable bonds is 3. The first kappa shape index (κ1) is 33.6. The van der Waals surface area contributed by atoms with E-state index < -0.39 is 35.6 Å². The summed E-state index contributed by atoms with van der Waals surface area (Å²) in [5.74, 6) is 0.820. The van der Waals surface area contributed by atoms with E-state index >= 15 is 0 Å². The van der Waals surface area contributed by atoms with Gasteiger partial charge in [0.15, 0.2) is 0 Å². The van der Waals surface area contributed by atoms with E-state index in [-0.39, 0.29) is 18.8 Å². The largest absolute Gasteiger partial charge is 0.508 e. The molecule has 2 atom stereocenters. The van der Waals surface area contributed by atoms with Crippen molar-refractivity contribution in [2.24, 2.45) is 0 Å². The van der Waals surface area contributed by atoms with Crippen LogP contribution >= 0.6 is 0 Å². The molecule has 242 valence electrons. The van der Waals surface area contributed by atoms with Crippen molar-refractivity contribution in [1.82, 2.24) is 9.80 Å². The molecule has 2 unspecified atom stereocenters. The van der Waals surface area contributed by atoms with Crippen LogP contribution in [0.5, 0.6) is 11.5 Å². The Morgan fingerprint density at radius 1 is 0.733 bits per heavy atom. The molecular formula is C35H44N2O8. The number of aliphatic hydroxyl groups is 2.